The maximum absolute atomic E-state index is 4.56. The van der Waals surface area contributed by atoms with Crippen LogP contribution in [-0.2, 0) is 0 Å². The molecule has 2 heterocycles. The van der Waals surface area contributed by atoms with Crippen molar-refractivity contribution in [2.75, 3.05) is 11.9 Å². The molecule has 18 heavy (non-hydrogen) atoms. The molecule has 98 valence electrons. The predicted molar refractivity (Wildman–Crippen MR) is 77.8 cm³/mol. The van der Waals surface area contributed by atoms with Crippen LogP contribution < -0.4 is 10.0 Å². The van der Waals surface area contributed by atoms with Gasteiger partial charge in [0, 0.05) is 18.9 Å². The van der Waals surface area contributed by atoms with Gasteiger partial charge in [-0.15, -0.1) is 0 Å². The SMILES string of the molecule is CCCC(C)CCN=C1NSc2cnccc2N1. The molecule has 0 aliphatic carbocycles. The molecule has 1 atom stereocenters. The summed E-state index contributed by atoms with van der Waals surface area (Å²) in [6, 6.07) is 1.97. The largest absolute Gasteiger partial charge is 0.324 e. The van der Waals surface area contributed by atoms with Gasteiger partial charge in [-0.2, -0.15) is 0 Å². The maximum Gasteiger partial charge on any atom is 0.206 e. The first kappa shape index (κ1) is 13.2. The second-order valence-electron chi connectivity index (χ2n) is 4.61. The monoisotopic (exact) mass is 264 g/mol. The summed E-state index contributed by atoms with van der Waals surface area (Å²) in [5, 5.41) is 3.28. The number of aromatic nitrogens is 1. The van der Waals surface area contributed by atoms with Gasteiger partial charge in [-0.1, -0.05) is 26.7 Å². The van der Waals surface area contributed by atoms with E-state index in [2.05, 4.69) is 33.9 Å². The van der Waals surface area contributed by atoms with Crippen LogP contribution in [0.3, 0.4) is 0 Å². The Morgan fingerprint density at radius 3 is 3.17 bits per heavy atom. The number of anilines is 1. The van der Waals surface area contributed by atoms with E-state index in [0.29, 0.717) is 0 Å². The molecular weight excluding hydrogens is 244 g/mol. The number of nitrogens with one attached hydrogen (secondary N) is 2. The van der Waals surface area contributed by atoms with Crippen LogP contribution in [-0.4, -0.2) is 17.5 Å². The van der Waals surface area contributed by atoms with E-state index in [0.717, 1.165) is 35.4 Å². The van der Waals surface area contributed by atoms with Crippen molar-refractivity contribution in [1.82, 2.24) is 9.71 Å². The van der Waals surface area contributed by atoms with Crippen LogP contribution in [0, 0.1) is 5.92 Å². The number of fused-ring (bicyclic) bond motifs is 1. The summed E-state index contributed by atoms with van der Waals surface area (Å²) in [7, 11) is 0. The minimum absolute atomic E-state index is 0.757. The molecule has 1 aromatic rings. The van der Waals surface area contributed by atoms with Gasteiger partial charge in [0.25, 0.3) is 0 Å². The number of aliphatic imine (C=N–C) groups is 1. The molecule has 5 heteroatoms. The van der Waals surface area contributed by atoms with E-state index in [1.54, 1.807) is 18.1 Å². The first-order valence-corrected chi connectivity index (χ1v) is 7.29. The Hall–Kier alpha value is -1.23. The van der Waals surface area contributed by atoms with Gasteiger partial charge in [0.2, 0.25) is 5.96 Å². The van der Waals surface area contributed by atoms with Crippen molar-refractivity contribution in [2.24, 2.45) is 10.9 Å². The van der Waals surface area contributed by atoms with E-state index in [9.17, 15) is 0 Å². The average molecular weight is 264 g/mol. The molecule has 2 rings (SSSR count). The molecule has 0 saturated carbocycles. The normalized spacial score (nSPS) is 17.8. The Labute approximate surface area is 113 Å². The zero-order chi connectivity index (χ0) is 12.8. The van der Waals surface area contributed by atoms with Crippen LogP contribution in [0.4, 0.5) is 5.69 Å². The Kier molecular flexibility index (Phi) is 4.87. The van der Waals surface area contributed by atoms with Crippen LogP contribution in [0.5, 0.6) is 0 Å². The fourth-order valence-electron chi connectivity index (χ4n) is 1.93. The fraction of sp³-hybridized carbons (Fsp3) is 0.538. The molecular formula is C13H20N4S. The zero-order valence-electron chi connectivity index (χ0n) is 10.9. The highest BCUT2D eigenvalue weighted by molar-refractivity contribution is 7.98. The van der Waals surface area contributed by atoms with Crippen molar-refractivity contribution in [3.05, 3.63) is 18.5 Å². The Bertz CT molecular complexity index is 419. The second kappa shape index (κ2) is 6.64. The number of pyridine rings is 1. The summed E-state index contributed by atoms with van der Waals surface area (Å²) in [5.41, 5.74) is 1.08. The van der Waals surface area contributed by atoms with Gasteiger partial charge >= 0.3 is 0 Å². The highest BCUT2D eigenvalue weighted by atomic mass is 32.2. The van der Waals surface area contributed by atoms with Crippen molar-refractivity contribution in [3.63, 3.8) is 0 Å². The van der Waals surface area contributed by atoms with Gasteiger partial charge in [0.15, 0.2) is 0 Å². The van der Waals surface area contributed by atoms with Gasteiger partial charge in [-0.05, 0) is 30.4 Å². The molecule has 4 nitrogen and oxygen atoms in total. The summed E-state index contributed by atoms with van der Waals surface area (Å²) in [6.45, 7) is 5.40. The van der Waals surface area contributed by atoms with E-state index in [-0.39, 0.29) is 0 Å². The number of guanidine groups is 1. The average Bonchev–Trinajstić information content (AvgIpc) is 2.39. The van der Waals surface area contributed by atoms with Crippen LogP contribution >= 0.6 is 11.9 Å². The number of hydrogen-bond donors (Lipinski definition) is 2. The number of nitrogens with zero attached hydrogens (tertiary/aromatic N) is 2. The molecule has 0 spiro atoms. The van der Waals surface area contributed by atoms with Gasteiger partial charge < -0.3 is 5.32 Å². The molecule has 1 unspecified atom stereocenters. The summed E-state index contributed by atoms with van der Waals surface area (Å²) >= 11 is 1.56. The lowest BCUT2D eigenvalue weighted by Crippen LogP contribution is -2.29. The number of hydrogen-bond acceptors (Lipinski definition) is 3. The van der Waals surface area contributed by atoms with E-state index >= 15 is 0 Å². The fourth-order valence-corrected chi connectivity index (χ4v) is 2.59. The van der Waals surface area contributed by atoms with Crippen molar-refractivity contribution in [2.45, 2.75) is 38.0 Å². The summed E-state index contributed by atoms with van der Waals surface area (Å²) in [6.07, 6.45) is 7.33. The minimum atomic E-state index is 0.757. The Morgan fingerprint density at radius 2 is 2.33 bits per heavy atom. The molecule has 1 aliphatic heterocycles. The zero-order valence-corrected chi connectivity index (χ0v) is 11.8. The van der Waals surface area contributed by atoms with Crippen molar-refractivity contribution in [1.29, 1.82) is 0 Å². The Morgan fingerprint density at radius 1 is 1.44 bits per heavy atom. The third-order valence-corrected chi connectivity index (χ3v) is 3.81. The van der Waals surface area contributed by atoms with Crippen LogP contribution in [0.2, 0.25) is 0 Å². The van der Waals surface area contributed by atoms with Gasteiger partial charge in [-0.3, -0.25) is 14.7 Å². The second-order valence-corrected chi connectivity index (χ2v) is 5.46. The van der Waals surface area contributed by atoms with Crippen molar-refractivity contribution in [3.8, 4) is 0 Å². The molecule has 0 fully saturated rings. The van der Waals surface area contributed by atoms with Crippen molar-refractivity contribution < 1.29 is 0 Å². The molecule has 0 bridgehead atoms. The summed E-state index contributed by atoms with van der Waals surface area (Å²) in [5.74, 6) is 1.61. The molecule has 0 radical (unpaired) electrons. The van der Waals surface area contributed by atoms with Crippen LogP contribution in [0.25, 0.3) is 0 Å². The van der Waals surface area contributed by atoms with E-state index < -0.39 is 0 Å². The lowest BCUT2D eigenvalue weighted by molar-refractivity contribution is 0.493. The highest BCUT2D eigenvalue weighted by Gasteiger charge is 2.12. The molecule has 0 saturated heterocycles. The third-order valence-electron chi connectivity index (χ3n) is 2.97. The van der Waals surface area contributed by atoms with Crippen LogP contribution in [0.15, 0.2) is 28.3 Å². The lowest BCUT2D eigenvalue weighted by Gasteiger charge is -2.19. The van der Waals surface area contributed by atoms with Gasteiger partial charge in [0.05, 0.1) is 10.6 Å². The molecule has 1 aliphatic rings. The first-order chi connectivity index (χ1) is 8.79. The summed E-state index contributed by atoms with van der Waals surface area (Å²) < 4.78 is 3.20. The smallest absolute Gasteiger partial charge is 0.206 e. The highest BCUT2D eigenvalue weighted by Crippen LogP contribution is 2.26. The maximum atomic E-state index is 4.56. The Balaban J connectivity index is 1.85. The van der Waals surface area contributed by atoms with E-state index in [1.165, 1.54) is 12.8 Å². The molecule has 2 N–H and O–H groups in total. The predicted octanol–water partition coefficient (Wildman–Crippen LogP) is 3.29. The topological polar surface area (TPSA) is 49.3 Å². The minimum Gasteiger partial charge on any atom is -0.324 e. The van der Waals surface area contributed by atoms with Gasteiger partial charge in [0.1, 0.15) is 0 Å². The molecule has 1 aromatic heterocycles. The van der Waals surface area contributed by atoms with Crippen LogP contribution in [0.1, 0.15) is 33.1 Å². The summed E-state index contributed by atoms with van der Waals surface area (Å²) in [4.78, 5) is 9.75. The number of rotatable bonds is 5. The van der Waals surface area contributed by atoms with Gasteiger partial charge in [-0.25, -0.2) is 0 Å². The molecule has 0 amide bonds. The third kappa shape index (κ3) is 3.63. The lowest BCUT2D eigenvalue weighted by atomic mass is 10.0. The van der Waals surface area contributed by atoms with Crippen molar-refractivity contribution >= 4 is 23.6 Å². The standard InChI is InChI=1S/C13H20N4S/c1-3-4-10(2)5-8-15-13-16-11-6-7-14-9-12(11)18-17-13/h6-7,9-10H,3-5,8H2,1-2H3,(H2,15,16,17). The van der Waals surface area contributed by atoms with E-state index in [4.69, 9.17) is 0 Å². The quantitative estimate of drug-likeness (QED) is 0.801. The molecule has 0 aromatic carbocycles. The first-order valence-electron chi connectivity index (χ1n) is 6.48. The van der Waals surface area contributed by atoms with E-state index in [1.807, 2.05) is 12.3 Å².